The summed E-state index contributed by atoms with van der Waals surface area (Å²) >= 11 is 12.2. The van der Waals surface area contributed by atoms with E-state index in [4.69, 9.17) is 36.7 Å². The lowest BCUT2D eigenvalue weighted by Gasteiger charge is -2.15. The molecular weight excluding hydrogens is 434 g/mol. The fraction of sp³-hybridized carbons (Fsp3) is 0.250. The van der Waals surface area contributed by atoms with Crippen molar-refractivity contribution in [3.05, 3.63) is 64.1 Å². The molecule has 0 saturated carbocycles. The summed E-state index contributed by atoms with van der Waals surface area (Å²) in [6.07, 6.45) is 0. The van der Waals surface area contributed by atoms with Gasteiger partial charge in [-0.1, -0.05) is 41.4 Å². The summed E-state index contributed by atoms with van der Waals surface area (Å²) in [7, 11) is -3.68. The lowest BCUT2D eigenvalue weighted by atomic mass is 10.2. The SMILES string of the molecule is CCOP(=O)(OCC)c1nc(-c2ccc(Cl)cc2)oc1NCc1ccccc1Cl. The summed E-state index contributed by atoms with van der Waals surface area (Å²) in [6.45, 7) is 4.22. The summed E-state index contributed by atoms with van der Waals surface area (Å²) in [4.78, 5) is 4.44. The van der Waals surface area contributed by atoms with Crippen molar-refractivity contribution in [2.45, 2.75) is 20.4 Å². The van der Waals surface area contributed by atoms with Crippen LogP contribution in [0.1, 0.15) is 19.4 Å². The minimum Gasteiger partial charge on any atom is -0.420 e. The molecule has 0 unspecified atom stereocenters. The number of hydrogen-bond acceptors (Lipinski definition) is 6. The Morgan fingerprint density at radius 1 is 1.03 bits per heavy atom. The second kappa shape index (κ2) is 9.79. The predicted octanol–water partition coefficient (Wildman–Crippen LogP) is 6.15. The van der Waals surface area contributed by atoms with E-state index in [9.17, 15) is 4.57 Å². The van der Waals surface area contributed by atoms with Crippen LogP contribution >= 0.6 is 30.8 Å². The van der Waals surface area contributed by atoms with Gasteiger partial charge in [0.05, 0.1) is 13.2 Å². The maximum atomic E-state index is 13.4. The third-order valence-electron chi connectivity index (χ3n) is 3.96. The Morgan fingerprint density at radius 3 is 2.31 bits per heavy atom. The predicted molar refractivity (Wildman–Crippen MR) is 116 cm³/mol. The van der Waals surface area contributed by atoms with Crippen LogP contribution in [-0.4, -0.2) is 18.2 Å². The fourth-order valence-corrected chi connectivity index (χ4v) is 4.56. The topological polar surface area (TPSA) is 73.6 Å². The first-order valence-electron chi connectivity index (χ1n) is 9.10. The Balaban J connectivity index is 2.00. The number of halogens is 2. The minimum atomic E-state index is -3.68. The molecule has 1 N–H and O–H groups in total. The van der Waals surface area contributed by atoms with Gasteiger partial charge in [0, 0.05) is 22.2 Å². The molecule has 0 atom stereocenters. The van der Waals surface area contributed by atoms with Gasteiger partial charge in [0.25, 0.3) is 0 Å². The van der Waals surface area contributed by atoms with Gasteiger partial charge >= 0.3 is 7.60 Å². The van der Waals surface area contributed by atoms with E-state index in [0.717, 1.165) is 5.56 Å². The maximum absolute atomic E-state index is 13.4. The first kappa shape index (κ1) is 21.9. The summed E-state index contributed by atoms with van der Waals surface area (Å²) in [6, 6.07) is 14.4. The first-order chi connectivity index (χ1) is 14.0. The van der Waals surface area contributed by atoms with E-state index in [1.54, 1.807) is 44.2 Å². The number of hydrogen-bond donors (Lipinski definition) is 1. The van der Waals surface area contributed by atoms with E-state index < -0.39 is 7.60 Å². The second-order valence-electron chi connectivity index (χ2n) is 5.96. The summed E-state index contributed by atoms with van der Waals surface area (Å²) in [5, 5.41) is 4.32. The van der Waals surface area contributed by atoms with Crippen molar-refractivity contribution < 1.29 is 18.0 Å². The molecule has 0 amide bonds. The van der Waals surface area contributed by atoms with Crippen LogP contribution in [0.4, 0.5) is 5.88 Å². The van der Waals surface area contributed by atoms with Crippen molar-refractivity contribution in [2.24, 2.45) is 0 Å². The Hall–Kier alpha value is -1.82. The number of nitrogens with zero attached hydrogens (tertiary/aromatic N) is 1. The molecule has 1 aromatic heterocycles. The highest BCUT2D eigenvalue weighted by Gasteiger charge is 2.35. The average Bonchev–Trinajstić information content (AvgIpc) is 3.13. The number of oxazole rings is 1. The molecular formula is C20H21Cl2N2O4P. The van der Waals surface area contributed by atoms with Crippen molar-refractivity contribution >= 4 is 42.1 Å². The monoisotopic (exact) mass is 454 g/mol. The molecule has 0 aliphatic rings. The van der Waals surface area contributed by atoms with Crippen LogP contribution in [0.5, 0.6) is 0 Å². The van der Waals surface area contributed by atoms with Gasteiger partial charge in [-0.15, -0.1) is 0 Å². The van der Waals surface area contributed by atoms with Crippen molar-refractivity contribution in [3.63, 3.8) is 0 Å². The highest BCUT2D eigenvalue weighted by atomic mass is 35.5. The molecule has 0 aliphatic heterocycles. The highest BCUT2D eigenvalue weighted by molar-refractivity contribution is 7.62. The smallest absolute Gasteiger partial charge is 0.385 e. The fourth-order valence-electron chi connectivity index (χ4n) is 2.65. The summed E-state index contributed by atoms with van der Waals surface area (Å²) in [5.41, 5.74) is 1.63. The molecule has 0 fully saturated rings. The van der Waals surface area contributed by atoms with Crippen molar-refractivity contribution in [3.8, 4) is 11.5 Å². The molecule has 0 aliphatic carbocycles. The molecule has 3 aromatic rings. The van der Waals surface area contributed by atoms with E-state index in [0.29, 0.717) is 22.2 Å². The minimum absolute atomic E-state index is 0.0956. The number of aromatic nitrogens is 1. The zero-order chi connectivity index (χ0) is 20.9. The molecule has 9 heteroatoms. The van der Waals surface area contributed by atoms with Gasteiger partial charge in [0.2, 0.25) is 17.2 Å². The van der Waals surface area contributed by atoms with Crippen LogP contribution < -0.4 is 10.8 Å². The zero-order valence-corrected chi connectivity index (χ0v) is 18.4. The second-order valence-corrected chi connectivity index (χ2v) is 8.74. The van der Waals surface area contributed by atoms with Gasteiger partial charge in [-0.2, -0.15) is 4.98 Å². The first-order valence-corrected chi connectivity index (χ1v) is 11.4. The van der Waals surface area contributed by atoms with Gasteiger partial charge in [-0.3, -0.25) is 4.57 Å². The molecule has 29 heavy (non-hydrogen) atoms. The van der Waals surface area contributed by atoms with Crippen molar-refractivity contribution in [1.29, 1.82) is 0 Å². The number of benzene rings is 2. The van der Waals surface area contributed by atoms with E-state index in [1.165, 1.54) is 0 Å². The zero-order valence-electron chi connectivity index (χ0n) is 16.0. The standard InChI is InChI=1S/C20H21Cl2N2O4P/c1-3-26-29(25,27-4-2)20-19(23-13-15-7-5-6-8-17(15)22)28-18(24-20)14-9-11-16(21)12-10-14/h5-12,23H,3-4,13H2,1-2H3. The molecule has 0 radical (unpaired) electrons. The lowest BCUT2D eigenvalue weighted by Crippen LogP contribution is -2.16. The van der Waals surface area contributed by atoms with Crippen LogP contribution in [0.15, 0.2) is 52.9 Å². The summed E-state index contributed by atoms with van der Waals surface area (Å²) < 4.78 is 30.2. The highest BCUT2D eigenvalue weighted by Crippen LogP contribution is 2.49. The van der Waals surface area contributed by atoms with Crippen LogP contribution in [0.3, 0.4) is 0 Å². The molecule has 0 saturated heterocycles. The third kappa shape index (κ3) is 5.21. The largest absolute Gasteiger partial charge is 0.420 e. The van der Waals surface area contributed by atoms with Gasteiger partial charge in [0.15, 0.2) is 0 Å². The van der Waals surface area contributed by atoms with Crippen LogP contribution in [0.25, 0.3) is 11.5 Å². The van der Waals surface area contributed by atoms with Gasteiger partial charge in [-0.25, -0.2) is 0 Å². The van der Waals surface area contributed by atoms with Gasteiger partial charge in [-0.05, 0) is 49.7 Å². The van der Waals surface area contributed by atoms with Gasteiger partial charge in [0.1, 0.15) is 0 Å². The van der Waals surface area contributed by atoms with E-state index in [2.05, 4.69) is 10.3 Å². The Kier molecular flexibility index (Phi) is 7.38. The van der Waals surface area contributed by atoms with E-state index in [-0.39, 0.29) is 30.4 Å². The van der Waals surface area contributed by atoms with E-state index in [1.807, 2.05) is 18.2 Å². The van der Waals surface area contributed by atoms with Crippen LogP contribution in [-0.2, 0) is 20.2 Å². The summed E-state index contributed by atoms with van der Waals surface area (Å²) in [5.74, 6) is 0.484. The Labute approximate surface area is 179 Å². The quantitative estimate of drug-likeness (QED) is 0.390. The Morgan fingerprint density at radius 2 is 1.69 bits per heavy atom. The molecule has 6 nitrogen and oxygen atoms in total. The van der Waals surface area contributed by atoms with Gasteiger partial charge < -0.3 is 18.8 Å². The molecule has 2 aromatic carbocycles. The van der Waals surface area contributed by atoms with Crippen molar-refractivity contribution in [2.75, 3.05) is 18.5 Å². The van der Waals surface area contributed by atoms with E-state index >= 15 is 0 Å². The molecule has 154 valence electrons. The van der Waals surface area contributed by atoms with Crippen LogP contribution in [0.2, 0.25) is 10.0 Å². The third-order valence-corrected chi connectivity index (χ3v) is 6.59. The lowest BCUT2D eigenvalue weighted by molar-refractivity contribution is 0.229. The van der Waals surface area contributed by atoms with Crippen molar-refractivity contribution in [1.82, 2.24) is 4.98 Å². The maximum Gasteiger partial charge on any atom is 0.385 e. The Bertz CT molecular complexity index is 998. The molecule has 1 heterocycles. The van der Waals surface area contributed by atoms with Crippen LogP contribution in [0, 0.1) is 0 Å². The number of anilines is 1. The number of nitrogens with one attached hydrogen (secondary N) is 1. The normalized spacial score (nSPS) is 11.6. The average molecular weight is 455 g/mol. The molecule has 3 rings (SSSR count). The molecule has 0 bridgehead atoms. The molecule has 0 spiro atoms. The number of rotatable bonds is 9.